The molecule has 0 unspecified atom stereocenters. The maximum absolute atomic E-state index is 3.56. The van der Waals surface area contributed by atoms with E-state index in [-0.39, 0.29) is 0 Å². The molecule has 0 aliphatic heterocycles. The zero-order valence-electron chi connectivity index (χ0n) is 16.3. The maximum Gasteiger partial charge on any atom is -0.0155 e. The van der Waals surface area contributed by atoms with Gasteiger partial charge in [-0.25, -0.2) is 0 Å². The molecule has 132 valence electrons. The largest absolute Gasteiger partial charge is 0.100 e. The van der Waals surface area contributed by atoms with Gasteiger partial charge in [-0.15, -0.1) is 6.58 Å². The van der Waals surface area contributed by atoms with E-state index in [9.17, 15) is 0 Å². The summed E-state index contributed by atoms with van der Waals surface area (Å²) in [6.45, 7) is 11.9. The molecule has 0 nitrogen and oxygen atoms in total. The second-order valence-corrected chi connectivity index (χ2v) is 6.56. The summed E-state index contributed by atoms with van der Waals surface area (Å²) in [7, 11) is 0. The molecular weight excluding hydrogens is 300 g/mol. The highest BCUT2D eigenvalue weighted by atomic mass is 14.0. The molecule has 1 aliphatic rings. The van der Waals surface area contributed by atoms with Crippen LogP contribution in [0.15, 0.2) is 90.6 Å². The van der Waals surface area contributed by atoms with Crippen LogP contribution in [-0.4, -0.2) is 0 Å². The lowest BCUT2D eigenvalue weighted by Gasteiger charge is -1.98. The quantitative estimate of drug-likeness (QED) is 0.489. The Bertz CT molecular complexity index is 732. The monoisotopic (exact) mass is 332 g/mol. The van der Waals surface area contributed by atoms with E-state index in [0.717, 1.165) is 6.42 Å². The van der Waals surface area contributed by atoms with Crippen LogP contribution < -0.4 is 0 Å². The van der Waals surface area contributed by atoms with Gasteiger partial charge < -0.3 is 0 Å². The molecule has 1 aliphatic carbocycles. The van der Waals surface area contributed by atoms with Crippen molar-refractivity contribution < 1.29 is 0 Å². The van der Waals surface area contributed by atoms with E-state index in [1.54, 1.807) is 0 Å². The fraction of sp³-hybridized carbons (Fsp3) is 0.280. The minimum absolute atomic E-state index is 1.09. The van der Waals surface area contributed by atoms with Crippen LogP contribution >= 0.6 is 0 Å². The summed E-state index contributed by atoms with van der Waals surface area (Å²) < 4.78 is 0. The number of fused-ring (bicyclic) bond motifs is 1. The van der Waals surface area contributed by atoms with E-state index < -0.39 is 0 Å². The lowest BCUT2D eigenvalue weighted by Crippen LogP contribution is -1.75. The Morgan fingerprint density at radius 1 is 1.00 bits per heavy atom. The second kappa shape index (κ2) is 12.1. The molecule has 0 aromatic heterocycles. The number of aryl methyl sites for hydroxylation is 1. The minimum Gasteiger partial charge on any atom is -0.100 e. The van der Waals surface area contributed by atoms with Gasteiger partial charge in [0.05, 0.1) is 0 Å². The zero-order chi connectivity index (χ0) is 18.5. The summed E-state index contributed by atoms with van der Waals surface area (Å²) in [6, 6.07) is 14.8. The number of allylic oxidation sites excluding steroid dienone is 7. The third-order valence-corrected chi connectivity index (χ3v) is 3.60. The Morgan fingerprint density at radius 3 is 2.36 bits per heavy atom. The molecule has 25 heavy (non-hydrogen) atoms. The van der Waals surface area contributed by atoms with Gasteiger partial charge in [0.1, 0.15) is 0 Å². The molecule has 0 spiro atoms. The molecule has 0 saturated carbocycles. The average molecular weight is 333 g/mol. The molecule has 3 rings (SSSR count). The van der Waals surface area contributed by atoms with Gasteiger partial charge in [-0.3, -0.25) is 0 Å². The van der Waals surface area contributed by atoms with Crippen molar-refractivity contribution in [1.82, 2.24) is 0 Å². The lowest BCUT2D eigenvalue weighted by molar-refractivity contribution is 0.926. The van der Waals surface area contributed by atoms with E-state index in [1.807, 2.05) is 13.8 Å². The Morgan fingerprint density at radius 2 is 1.68 bits per heavy atom. The van der Waals surface area contributed by atoms with Crippen molar-refractivity contribution in [3.63, 3.8) is 0 Å². The van der Waals surface area contributed by atoms with Crippen molar-refractivity contribution in [3.8, 4) is 0 Å². The number of hydrogen-bond acceptors (Lipinski definition) is 0. The second-order valence-electron chi connectivity index (χ2n) is 6.56. The molecule has 0 bridgehead atoms. The van der Waals surface area contributed by atoms with Crippen LogP contribution in [0.3, 0.4) is 0 Å². The molecule has 2 aromatic carbocycles. The van der Waals surface area contributed by atoms with Gasteiger partial charge in [0.2, 0.25) is 0 Å². The van der Waals surface area contributed by atoms with Gasteiger partial charge in [0, 0.05) is 0 Å². The van der Waals surface area contributed by atoms with Gasteiger partial charge >= 0.3 is 0 Å². The highest BCUT2D eigenvalue weighted by molar-refractivity contribution is 5.85. The first-order chi connectivity index (χ1) is 12.0. The summed E-state index contributed by atoms with van der Waals surface area (Å²) >= 11 is 0. The Labute approximate surface area is 154 Å². The van der Waals surface area contributed by atoms with Crippen molar-refractivity contribution in [2.24, 2.45) is 0 Å². The third kappa shape index (κ3) is 8.91. The van der Waals surface area contributed by atoms with Crippen molar-refractivity contribution in [1.29, 1.82) is 0 Å². The van der Waals surface area contributed by atoms with Gasteiger partial charge in [-0.05, 0) is 55.5 Å². The van der Waals surface area contributed by atoms with Crippen LogP contribution in [-0.2, 0) is 0 Å². The molecule has 0 heteroatoms. The lowest BCUT2D eigenvalue weighted by atomic mass is 10.1. The minimum atomic E-state index is 1.09. The molecule has 0 heterocycles. The first-order valence-corrected chi connectivity index (χ1v) is 9.13. The predicted molar refractivity (Wildman–Crippen MR) is 115 cm³/mol. The van der Waals surface area contributed by atoms with E-state index in [1.165, 1.54) is 40.3 Å². The Hall–Kier alpha value is -2.34. The van der Waals surface area contributed by atoms with Gasteiger partial charge in [-0.1, -0.05) is 91.8 Å². The first kappa shape index (κ1) is 20.7. The van der Waals surface area contributed by atoms with Crippen LogP contribution in [0.25, 0.3) is 10.8 Å². The van der Waals surface area contributed by atoms with E-state index >= 15 is 0 Å². The van der Waals surface area contributed by atoms with Crippen molar-refractivity contribution in [2.75, 3.05) is 0 Å². The normalized spacial score (nSPS) is 12.2. The molecular formula is C25H32. The number of benzene rings is 2. The van der Waals surface area contributed by atoms with Crippen LogP contribution in [0.4, 0.5) is 0 Å². The first-order valence-electron chi connectivity index (χ1n) is 9.13. The predicted octanol–water partition coefficient (Wildman–Crippen LogP) is 7.96. The SMILES string of the molecule is C=C(C)C.CCCC1=CC=CCC=C1.Cc1cccc2ccccc12. The zero-order valence-corrected chi connectivity index (χ0v) is 16.3. The van der Waals surface area contributed by atoms with Gasteiger partial charge in [0.25, 0.3) is 0 Å². The van der Waals surface area contributed by atoms with Crippen LogP contribution in [0, 0.1) is 6.92 Å². The topological polar surface area (TPSA) is 0 Å². The van der Waals surface area contributed by atoms with Gasteiger partial charge in [0.15, 0.2) is 0 Å². The summed E-state index contributed by atoms with van der Waals surface area (Å²) in [5, 5.41) is 2.68. The van der Waals surface area contributed by atoms with E-state index in [0.29, 0.717) is 0 Å². The summed E-state index contributed by atoms with van der Waals surface area (Å²) in [6.07, 6.45) is 14.5. The molecule has 0 radical (unpaired) electrons. The molecule has 0 amide bonds. The highest BCUT2D eigenvalue weighted by Gasteiger charge is 1.92. The molecule has 0 fully saturated rings. The standard InChI is InChI=1S/C11H10.C10H14.C4H8/c1-9-5-4-7-10-6-2-3-8-11(9)10;1-2-7-10-8-5-3-4-6-9-10;1-4(2)3/h2-8H,1H3;3,5-6,8-9H,2,4,7H2,1H3;1H2,2-3H3. The smallest absolute Gasteiger partial charge is 0.0155 e. The third-order valence-electron chi connectivity index (χ3n) is 3.60. The number of rotatable bonds is 2. The van der Waals surface area contributed by atoms with Crippen LogP contribution in [0.1, 0.15) is 45.6 Å². The fourth-order valence-corrected chi connectivity index (χ4v) is 2.47. The average Bonchev–Trinajstić information content (AvgIpc) is 2.85. The number of hydrogen-bond donors (Lipinski definition) is 0. The van der Waals surface area contributed by atoms with E-state index in [4.69, 9.17) is 0 Å². The van der Waals surface area contributed by atoms with Crippen molar-refractivity contribution >= 4 is 10.8 Å². The molecule has 0 atom stereocenters. The van der Waals surface area contributed by atoms with E-state index in [2.05, 4.69) is 93.3 Å². The van der Waals surface area contributed by atoms with Crippen LogP contribution in [0.5, 0.6) is 0 Å². The molecule has 2 aromatic rings. The van der Waals surface area contributed by atoms with Crippen LogP contribution in [0.2, 0.25) is 0 Å². The Kier molecular flexibility index (Phi) is 10.0. The molecule has 0 N–H and O–H groups in total. The summed E-state index contributed by atoms with van der Waals surface area (Å²) in [5.74, 6) is 0. The summed E-state index contributed by atoms with van der Waals surface area (Å²) in [4.78, 5) is 0. The fourth-order valence-electron chi connectivity index (χ4n) is 2.47. The van der Waals surface area contributed by atoms with Gasteiger partial charge in [-0.2, -0.15) is 0 Å². The molecule has 0 saturated heterocycles. The van der Waals surface area contributed by atoms with Crippen molar-refractivity contribution in [3.05, 3.63) is 96.1 Å². The van der Waals surface area contributed by atoms with Crippen molar-refractivity contribution in [2.45, 2.75) is 47.0 Å². The highest BCUT2D eigenvalue weighted by Crippen LogP contribution is 2.16. The maximum atomic E-state index is 3.56. The Balaban J connectivity index is 0.000000208. The summed E-state index contributed by atoms with van der Waals surface area (Å²) in [5.41, 5.74) is 3.97.